The summed E-state index contributed by atoms with van der Waals surface area (Å²) in [4.78, 5) is 31.3. The van der Waals surface area contributed by atoms with E-state index >= 15 is 0 Å². The first-order valence-electron chi connectivity index (χ1n) is 10.1. The van der Waals surface area contributed by atoms with Crippen LogP contribution in [0.5, 0.6) is 0 Å². The summed E-state index contributed by atoms with van der Waals surface area (Å²) in [6.07, 6.45) is 11.2. The van der Waals surface area contributed by atoms with Gasteiger partial charge in [0, 0.05) is 37.8 Å². The molecule has 25 heavy (non-hydrogen) atoms. The van der Waals surface area contributed by atoms with Crippen LogP contribution in [0.3, 0.4) is 0 Å². The number of carbonyl (C=O) groups is 2. The third-order valence-corrected chi connectivity index (χ3v) is 6.13. The highest BCUT2D eigenvalue weighted by atomic mass is 16.2. The number of carbonyl (C=O) groups excluding carboxylic acids is 2. The molecule has 2 heterocycles. The first kappa shape index (κ1) is 18.4. The lowest BCUT2D eigenvalue weighted by atomic mass is 10.0. The van der Waals surface area contributed by atoms with Crippen LogP contribution in [-0.2, 0) is 9.59 Å². The quantitative estimate of drug-likeness (QED) is 0.768. The molecule has 140 valence electrons. The average molecular weight is 348 g/mol. The summed E-state index contributed by atoms with van der Waals surface area (Å²) in [5.41, 5.74) is 1.22. The molecule has 0 bridgehead atoms. The number of hydrogen-bond donors (Lipinski definition) is 0. The first-order chi connectivity index (χ1) is 12.1. The Balaban J connectivity index is 1.65. The van der Waals surface area contributed by atoms with E-state index in [2.05, 4.69) is 17.9 Å². The molecule has 0 aromatic carbocycles. The highest BCUT2D eigenvalue weighted by molar-refractivity contribution is 5.80. The fourth-order valence-corrected chi connectivity index (χ4v) is 4.93. The molecule has 0 saturated carbocycles. The van der Waals surface area contributed by atoms with Gasteiger partial charge in [-0.2, -0.15) is 0 Å². The van der Waals surface area contributed by atoms with Crippen molar-refractivity contribution in [3.8, 4) is 0 Å². The molecule has 1 aliphatic carbocycles. The zero-order valence-electron chi connectivity index (χ0n) is 15.9. The molecule has 2 aliphatic heterocycles. The van der Waals surface area contributed by atoms with Crippen molar-refractivity contribution in [1.82, 2.24) is 14.7 Å². The van der Waals surface area contributed by atoms with Crippen molar-refractivity contribution < 1.29 is 9.59 Å². The number of amides is 2. The number of nitrogens with zero attached hydrogens (tertiary/aromatic N) is 3. The lowest BCUT2D eigenvalue weighted by molar-refractivity contribution is -0.132. The molecule has 2 saturated heterocycles. The van der Waals surface area contributed by atoms with Crippen LogP contribution >= 0.6 is 0 Å². The van der Waals surface area contributed by atoms with E-state index in [-0.39, 0.29) is 11.8 Å². The maximum absolute atomic E-state index is 13.0. The average Bonchev–Trinajstić information content (AvgIpc) is 3.25. The lowest BCUT2D eigenvalue weighted by Gasteiger charge is -2.35. The summed E-state index contributed by atoms with van der Waals surface area (Å²) in [6.45, 7) is 6.87. The SMILES string of the molecule is CCN(C(=O)CN1CCCC1C1CCCN1C(C)=O)C1=CCCCC1. The van der Waals surface area contributed by atoms with Crippen LogP contribution in [0.4, 0.5) is 0 Å². The van der Waals surface area contributed by atoms with Gasteiger partial charge in [-0.3, -0.25) is 14.5 Å². The predicted octanol–water partition coefficient (Wildman–Crippen LogP) is 2.77. The fraction of sp³-hybridized carbons (Fsp3) is 0.800. The molecule has 3 aliphatic rings. The number of rotatable bonds is 5. The Labute approximate surface area is 152 Å². The van der Waals surface area contributed by atoms with E-state index in [0.717, 1.165) is 58.2 Å². The Bertz CT molecular complexity index is 531. The summed E-state index contributed by atoms with van der Waals surface area (Å²) in [5.74, 6) is 0.415. The summed E-state index contributed by atoms with van der Waals surface area (Å²) >= 11 is 0. The highest BCUT2D eigenvalue weighted by Gasteiger charge is 2.39. The summed E-state index contributed by atoms with van der Waals surface area (Å²) in [6, 6.07) is 0.658. The van der Waals surface area contributed by atoms with Crippen molar-refractivity contribution in [3.05, 3.63) is 11.8 Å². The van der Waals surface area contributed by atoms with Gasteiger partial charge in [0.1, 0.15) is 0 Å². The maximum atomic E-state index is 13.0. The largest absolute Gasteiger partial charge is 0.338 e. The fourth-order valence-electron chi connectivity index (χ4n) is 4.93. The molecule has 0 radical (unpaired) electrons. The number of hydrogen-bond acceptors (Lipinski definition) is 3. The predicted molar refractivity (Wildman–Crippen MR) is 98.9 cm³/mol. The van der Waals surface area contributed by atoms with Crippen LogP contribution in [0.15, 0.2) is 11.8 Å². The van der Waals surface area contributed by atoms with Gasteiger partial charge in [-0.05, 0) is 64.8 Å². The van der Waals surface area contributed by atoms with E-state index in [9.17, 15) is 9.59 Å². The van der Waals surface area contributed by atoms with Crippen LogP contribution in [0, 0.1) is 0 Å². The van der Waals surface area contributed by atoms with Gasteiger partial charge in [0.2, 0.25) is 11.8 Å². The molecule has 2 atom stereocenters. The minimum absolute atomic E-state index is 0.184. The van der Waals surface area contributed by atoms with Crippen molar-refractivity contribution in [1.29, 1.82) is 0 Å². The van der Waals surface area contributed by atoms with E-state index in [1.165, 1.54) is 18.5 Å². The monoisotopic (exact) mass is 347 g/mol. The summed E-state index contributed by atoms with van der Waals surface area (Å²) < 4.78 is 0. The van der Waals surface area contributed by atoms with Gasteiger partial charge < -0.3 is 9.80 Å². The third kappa shape index (κ3) is 4.08. The molecule has 0 aromatic rings. The Morgan fingerprint density at radius 2 is 1.88 bits per heavy atom. The molecule has 5 nitrogen and oxygen atoms in total. The molecular formula is C20H33N3O2. The Hall–Kier alpha value is -1.36. The van der Waals surface area contributed by atoms with E-state index in [1.54, 1.807) is 6.92 Å². The minimum atomic E-state index is 0.184. The molecule has 5 heteroatoms. The normalized spacial score (nSPS) is 27.4. The molecule has 3 rings (SSSR count). The minimum Gasteiger partial charge on any atom is -0.338 e. The van der Waals surface area contributed by atoms with Crippen molar-refractivity contribution in [2.24, 2.45) is 0 Å². The molecule has 2 amide bonds. The van der Waals surface area contributed by atoms with Gasteiger partial charge in [-0.1, -0.05) is 6.08 Å². The van der Waals surface area contributed by atoms with E-state index in [4.69, 9.17) is 0 Å². The van der Waals surface area contributed by atoms with Gasteiger partial charge in [0.05, 0.1) is 6.54 Å². The molecule has 0 spiro atoms. The second-order valence-corrected chi connectivity index (χ2v) is 7.68. The van der Waals surface area contributed by atoms with Crippen molar-refractivity contribution in [3.63, 3.8) is 0 Å². The second-order valence-electron chi connectivity index (χ2n) is 7.68. The van der Waals surface area contributed by atoms with Crippen LogP contribution in [0.1, 0.15) is 65.2 Å². The summed E-state index contributed by atoms with van der Waals surface area (Å²) in [5, 5.41) is 0. The van der Waals surface area contributed by atoms with Gasteiger partial charge in [-0.15, -0.1) is 0 Å². The molecule has 2 unspecified atom stereocenters. The topological polar surface area (TPSA) is 43.9 Å². The molecule has 2 fully saturated rings. The Morgan fingerprint density at radius 1 is 1.12 bits per heavy atom. The van der Waals surface area contributed by atoms with Crippen LogP contribution in [0.2, 0.25) is 0 Å². The lowest BCUT2D eigenvalue weighted by Crippen LogP contribution is -2.50. The molecule has 0 N–H and O–H groups in total. The van der Waals surface area contributed by atoms with Crippen LogP contribution in [-0.4, -0.2) is 64.8 Å². The molecule has 0 aromatic heterocycles. The second kappa shape index (κ2) is 8.35. The van der Waals surface area contributed by atoms with Crippen LogP contribution in [0.25, 0.3) is 0 Å². The third-order valence-electron chi connectivity index (χ3n) is 6.13. The first-order valence-corrected chi connectivity index (χ1v) is 10.1. The molecular weight excluding hydrogens is 314 g/mol. The number of likely N-dealkylation sites (tertiary alicyclic amines) is 2. The van der Waals surface area contributed by atoms with Crippen LogP contribution < -0.4 is 0 Å². The standard InChI is InChI=1S/C20H33N3O2/c1-3-22(17-9-5-4-6-10-17)20(25)15-21-13-7-11-18(21)19-12-8-14-23(19)16(2)24/h9,18-19H,3-8,10-15H2,1-2H3. The number of likely N-dealkylation sites (N-methyl/N-ethyl adjacent to an activating group) is 1. The smallest absolute Gasteiger partial charge is 0.240 e. The Morgan fingerprint density at radius 3 is 2.56 bits per heavy atom. The van der Waals surface area contributed by atoms with E-state index in [1.807, 2.05) is 9.80 Å². The zero-order valence-corrected chi connectivity index (χ0v) is 15.9. The zero-order chi connectivity index (χ0) is 17.8. The van der Waals surface area contributed by atoms with Crippen molar-refractivity contribution in [2.75, 3.05) is 26.2 Å². The van der Waals surface area contributed by atoms with E-state index in [0.29, 0.717) is 18.6 Å². The van der Waals surface area contributed by atoms with Gasteiger partial charge in [0.25, 0.3) is 0 Å². The van der Waals surface area contributed by atoms with E-state index < -0.39 is 0 Å². The highest BCUT2D eigenvalue weighted by Crippen LogP contribution is 2.30. The summed E-state index contributed by atoms with van der Waals surface area (Å²) in [7, 11) is 0. The van der Waals surface area contributed by atoms with Gasteiger partial charge in [-0.25, -0.2) is 0 Å². The van der Waals surface area contributed by atoms with Crippen molar-refractivity contribution >= 4 is 11.8 Å². The van der Waals surface area contributed by atoms with Gasteiger partial charge >= 0.3 is 0 Å². The Kier molecular flexibility index (Phi) is 6.15. The number of allylic oxidation sites excluding steroid dienone is 2. The maximum Gasteiger partial charge on any atom is 0.240 e. The van der Waals surface area contributed by atoms with Gasteiger partial charge in [0.15, 0.2) is 0 Å². The van der Waals surface area contributed by atoms with Crippen molar-refractivity contribution in [2.45, 2.75) is 77.3 Å².